The predicted molar refractivity (Wildman–Crippen MR) is 70.5 cm³/mol. The molecule has 0 aliphatic carbocycles. The summed E-state index contributed by atoms with van der Waals surface area (Å²) in [6, 6.07) is 10.7. The molecule has 17 heavy (non-hydrogen) atoms. The monoisotopic (exact) mass is 248 g/mol. The van der Waals surface area contributed by atoms with Crippen molar-refractivity contribution in [2.45, 2.75) is 13.0 Å². The fourth-order valence-electron chi connectivity index (χ4n) is 2.46. The van der Waals surface area contributed by atoms with Gasteiger partial charge in [0.05, 0.1) is 13.2 Å². The average Bonchev–Trinajstić information content (AvgIpc) is 2.70. The number of methoxy groups -OCH3 is 1. The number of benzene rings is 1. The number of hydrogen-bond acceptors (Lipinski definition) is 3. The average molecular weight is 248 g/mol. The molecule has 3 rings (SSSR count). The van der Waals surface area contributed by atoms with E-state index in [1.807, 2.05) is 11.3 Å². The Kier molecular flexibility index (Phi) is 2.69. The summed E-state index contributed by atoms with van der Waals surface area (Å²) >= 11 is 1.83. The molecule has 2 unspecified atom stereocenters. The zero-order chi connectivity index (χ0) is 11.9. The Morgan fingerprint density at radius 2 is 2.29 bits per heavy atom. The number of rotatable bonds is 3. The van der Waals surface area contributed by atoms with Crippen LogP contribution in [0.3, 0.4) is 0 Å². The van der Waals surface area contributed by atoms with Crippen molar-refractivity contribution in [1.29, 1.82) is 0 Å². The third-order valence-electron chi connectivity index (χ3n) is 3.39. The standard InChI is InChI=1S/C14H16O2S/c1-14(8-15-2)9-16-13(14)12-7-10-5-3-4-6-11(10)17-12/h3-7,13H,8-9H2,1-2H3. The molecule has 1 saturated heterocycles. The molecule has 2 nitrogen and oxygen atoms in total. The minimum Gasteiger partial charge on any atom is -0.384 e. The van der Waals surface area contributed by atoms with Gasteiger partial charge in [0.15, 0.2) is 0 Å². The summed E-state index contributed by atoms with van der Waals surface area (Å²) < 4.78 is 12.4. The third kappa shape index (κ3) is 1.79. The van der Waals surface area contributed by atoms with Crippen molar-refractivity contribution in [2.24, 2.45) is 5.41 Å². The van der Waals surface area contributed by atoms with Gasteiger partial charge in [-0.25, -0.2) is 0 Å². The minimum atomic E-state index is 0.135. The molecule has 0 radical (unpaired) electrons. The van der Waals surface area contributed by atoms with E-state index in [4.69, 9.17) is 9.47 Å². The first-order chi connectivity index (χ1) is 8.23. The quantitative estimate of drug-likeness (QED) is 0.826. The Balaban J connectivity index is 1.94. The van der Waals surface area contributed by atoms with Gasteiger partial charge >= 0.3 is 0 Å². The van der Waals surface area contributed by atoms with E-state index < -0.39 is 0 Å². The Morgan fingerprint density at radius 1 is 1.47 bits per heavy atom. The van der Waals surface area contributed by atoms with Gasteiger partial charge in [-0.2, -0.15) is 0 Å². The van der Waals surface area contributed by atoms with Crippen molar-refractivity contribution >= 4 is 21.4 Å². The first-order valence-electron chi connectivity index (χ1n) is 5.82. The topological polar surface area (TPSA) is 18.5 Å². The highest BCUT2D eigenvalue weighted by molar-refractivity contribution is 7.19. The number of ether oxygens (including phenoxy) is 2. The summed E-state index contributed by atoms with van der Waals surface area (Å²) in [4.78, 5) is 1.32. The van der Waals surface area contributed by atoms with Crippen molar-refractivity contribution in [1.82, 2.24) is 0 Å². The van der Waals surface area contributed by atoms with Gasteiger partial charge in [-0.3, -0.25) is 0 Å². The van der Waals surface area contributed by atoms with Crippen molar-refractivity contribution in [3.8, 4) is 0 Å². The van der Waals surface area contributed by atoms with Crippen molar-refractivity contribution in [2.75, 3.05) is 20.3 Å². The molecule has 0 bridgehead atoms. The highest BCUT2D eigenvalue weighted by atomic mass is 32.1. The largest absolute Gasteiger partial charge is 0.384 e. The van der Waals surface area contributed by atoms with Crippen molar-refractivity contribution in [3.63, 3.8) is 0 Å². The molecule has 0 spiro atoms. The highest BCUT2D eigenvalue weighted by Crippen LogP contribution is 2.49. The van der Waals surface area contributed by atoms with E-state index in [1.54, 1.807) is 7.11 Å². The number of hydrogen-bond donors (Lipinski definition) is 0. The zero-order valence-corrected chi connectivity index (χ0v) is 10.9. The van der Waals surface area contributed by atoms with Crippen LogP contribution in [0.4, 0.5) is 0 Å². The summed E-state index contributed by atoms with van der Waals surface area (Å²) in [5, 5.41) is 1.31. The van der Waals surface area contributed by atoms with Crippen LogP contribution in [0.15, 0.2) is 30.3 Å². The second-order valence-corrected chi connectivity index (χ2v) is 6.08. The molecular formula is C14H16O2S. The van der Waals surface area contributed by atoms with Crippen molar-refractivity contribution in [3.05, 3.63) is 35.2 Å². The Hall–Kier alpha value is -0.900. The molecule has 90 valence electrons. The van der Waals surface area contributed by atoms with Crippen LogP contribution in [0.2, 0.25) is 0 Å². The fraction of sp³-hybridized carbons (Fsp3) is 0.429. The number of fused-ring (bicyclic) bond motifs is 1. The van der Waals surface area contributed by atoms with Gasteiger partial charge in [0.25, 0.3) is 0 Å². The summed E-state index contributed by atoms with van der Waals surface area (Å²) in [5.74, 6) is 0. The van der Waals surface area contributed by atoms with E-state index in [0.717, 1.165) is 13.2 Å². The normalized spacial score (nSPS) is 28.2. The molecule has 1 aromatic heterocycles. The first kappa shape index (κ1) is 11.2. The van der Waals surface area contributed by atoms with E-state index in [2.05, 4.69) is 37.3 Å². The Labute approximate surface area is 105 Å². The van der Waals surface area contributed by atoms with Gasteiger partial charge in [0.2, 0.25) is 0 Å². The van der Waals surface area contributed by atoms with E-state index in [9.17, 15) is 0 Å². The smallest absolute Gasteiger partial charge is 0.101 e. The lowest BCUT2D eigenvalue weighted by molar-refractivity contribution is -0.201. The molecule has 2 aromatic rings. The van der Waals surface area contributed by atoms with Gasteiger partial charge in [-0.05, 0) is 17.5 Å². The maximum Gasteiger partial charge on any atom is 0.101 e. The van der Waals surface area contributed by atoms with E-state index in [-0.39, 0.29) is 11.5 Å². The SMILES string of the molecule is COCC1(C)COC1c1cc2ccccc2s1. The van der Waals surface area contributed by atoms with Crippen LogP contribution in [-0.4, -0.2) is 20.3 Å². The zero-order valence-electron chi connectivity index (χ0n) is 10.1. The second-order valence-electron chi connectivity index (χ2n) is 4.96. The molecule has 3 heteroatoms. The van der Waals surface area contributed by atoms with Crippen LogP contribution in [0, 0.1) is 5.41 Å². The van der Waals surface area contributed by atoms with Crippen LogP contribution in [0.25, 0.3) is 10.1 Å². The fourth-order valence-corrected chi connectivity index (χ4v) is 3.75. The molecule has 1 fully saturated rings. The van der Waals surface area contributed by atoms with E-state index in [0.29, 0.717) is 0 Å². The molecule has 1 aliphatic heterocycles. The molecule has 1 aliphatic rings. The van der Waals surface area contributed by atoms with E-state index >= 15 is 0 Å². The maximum atomic E-state index is 5.74. The van der Waals surface area contributed by atoms with Gasteiger partial charge in [0, 0.05) is 22.1 Å². The predicted octanol–water partition coefficient (Wildman–Crippen LogP) is 3.63. The van der Waals surface area contributed by atoms with Crippen molar-refractivity contribution < 1.29 is 9.47 Å². The van der Waals surface area contributed by atoms with Crippen LogP contribution in [0.1, 0.15) is 17.9 Å². The van der Waals surface area contributed by atoms with Gasteiger partial charge in [0.1, 0.15) is 6.10 Å². The minimum absolute atomic E-state index is 0.135. The lowest BCUT2D eigenvalue weighted by Crippen LogP contribution is -2.46. The first-order valence-corrected chi connectivity index (χ1v) is 6.64. The van der Waals surface area contributed by atoms with Crippen LogP contribution < -0.4 is 0 Å². The highest BCUT2D eigenvalue weighted by Gasteiger charge is 2.46. The molecule has 2 atom stereocenters. The summed E-state index contributed by atoms with van der Waals surface area (Å²) in [6.45, 7) is 3.78. The van der Waals surface area contributed by atoms with Crippen LogP contribution in [-0.2, 0) is 9.47 Å². The molecule has 2 heterocycles. The third-order valence-corrected chi connectivity index (χ3v) is 4.55. The summed E-state index contributed by atoms with van der Waals surface area (Å²) in [7, 11) is 1.76. The lowest BCUT2D eigenvalue weighted by Gasteiger charge is -2.45. The summed E-state index contributed by atoms with van der Waals surface area (Å²) in [5.41, 5.74) is 0.135. The summed E-state index contributed by atoms with van der Waals surface area (Å²) in [6.07, 6.45) is 0.194. The molecule has 0 amide bonds. The van der Waals surface area contributed by atoms with Gasteiger partial charge < -0.3 is 9.47 Å². The Morgan fingerprint density at radius 3 is 2.94 bits per heavy atom. The maximum absolute atomic E-state index is 5.74. The lowest BCUT2D eigenvalue weighted by atomic mass is 9.80. The second kappa shape index (κ2) is 4.09. The molecule has 0 saturated carbocycles. The van der Waals surface area contributed by atoms with Crippen LogP contribution in [0.5, 0.6) is 0 Å². The Bertz CT molecular complexity index is 501. The van der Waals surface area contributed by atoms with Gasteiger partial charge in [-0.1, -0.05) is 25.1 Å². The molecular weight excluding hydrogens is 232 g/mol. The molecule has 1 aromatic carbocycles. The van der Waals surface area contributed by atoms with E-state index in [1.165, 1.54) is 15.0 Å². The van der Waals surface area contributed by atoms with Gasteiger partial charge in [-0.15, -0.1) is 11.3 Å². The number of thiophene rings is 1. The van der Waals surface area contributed by atoms with Crippen LogP contribution >= 0.6 is 11.3 Å². The molecule has 0 N–H and O–H groups in total.